The number of rotatable bonds is 6. The molecule has 0 unspecified atom stereocenters. The van der Waals surface area contributed by atoms with Crippen LogP contribution in [-0.4, -0.2) is 50.4 Å². The number of anilines is 1. The van der Waals surface area contributed by atoms with Crippen molar-refractivity contribution in [1.29, 1.82) is 0 Å². The van der Waals surface area contributed by atoms with Crippen molar-refractivity contribution in [3.63, 3.8) is 0 Å². The van der Waals surface area contributed by atoms with Gasteiger partial charge in [0.25, 0.3) is 0 Å². The summed E-state index contributed by atoms with van der Waals surface area (Å²) in [7, 11) is 0. The molecule has 0 saturated heterocycles. The Labute approximate surface area is 117 Å². The molecule has 1 aromatic heterocycles. The maximum atomic E-state index is 13.6. The molecule has 0 aliphatic heterocycles. The van der Waals surface area contributed by atoms with Gasteiger partial charge in [-0.1, -0.05) is 0 Å². The van der Waals surface area contributed by atoms with Gasteiger partial charge >= 0.3 is 5.97 Å². The summed E-state index contributed by atoms with van der Waals surface area (Å²) in [5, 5.41) is 21.2. The highest BCUT2D eigenvalue weighted by atomic mass is 19.1. The van der Waals surface area contributed by atoms with Gasteiger partial charge in [0.05, 0.1) is 11.4 Å². The van der Waals surface area contributed by atoms with Gasteiger partial charge in [-0.05, 0) is 28.6 Å². The summed E-state index contributed by atoms with van der Waals surface area (Å²) in [6.07, 6.45) is 1.31. The van der Waals surface area contributed by atoms with Crippen molar-refractivity contribution in [3.8, 4) is 5.69 Å². The number of nitrogens with one attached hydrogen (secondary N) is 1. The minimum Gasteiger partial charge on any atom is -0.480 e. The lowest BCUT2D eigenvalue weighted by Gasteiger charge is -2.08. The number of amides is 1. The Morgan fingerprint density at radius 2 is 2.19 bits per heavy atom. The Morgan fingerprint density at radius 3 is 2.86 bits per heavy atom. The highest BCUT2D eigenvalue weighted by Gasteiger charge is 2.10. The third-order valence-electron chi connectivity index (χ3n) is 2.30. The van der Waals surface area contributed by atoms with Crippen LogP contribution in [0.1, 0.15) is 0 Å². The fourth-order valence-electron chi connectivity index (χ4n) is 1.45. The summed E-state index contributed by atoms with van der Waals surface area (Å²) in [5.41, 5.74) is 0.357. The van der Waals surface area contributed by atoms with Crippen molar-refractivity contribution in [1.82, 2.24) is 20.2 Å². The number of tetrazole rings is 1. The maximum absolute atomic E-state index is 13.6. The molecular weight excluding hydrogens is 285 g/mol. The number of aliphatic carboxylic acids is 1. The quantitative estimate of drug-likeness (QED) is 0.760. The molecule has 0 radical (unpaired) electrons. The van der Waals surface area contributed by atoms with Crippen LogP contribution in [0.2, 0.25) is 0 Å². The van der Waals surface area contributed by atoms with Gasteiger partial charge in [0.15, 0.2) is 0 Å². The van der Waals surface area contributed by atoms with Crippen molar-refractivity contribution >= 4 is 17.6 Å². The Bertz CT molecular complexity index is 646. The predicted molar refractivity (Wildman–Crippen MR) is 66.2 cm³/mol. The molecule has 0 bridgehead atoms. The van der Waals surface area contributed by atoms with Gasteiger partial charge in [0.1, 0.15) is 25.4 Å². The molecule has 1 aromatic carbocycles. The van der Waals surface area contributed by atoms with Crippen LogP contribution in [0.25, 0.3) is 5.69 Å². The normalized spacial score (nSPS) is 10.3. The van der Waals surface area contributed by atoms with Crippen molar-refractivity contribution < 1.29 is 23.8 Å². The molecular formula is C11H10FN5O4. The monoisotopic (exact) mass is 295 g/mol. The van der Waals surface area contributed by atoms with E-state index in [0.29, 0.717) is 5.69 Å². The van der Waals surface area contributed by atoms with Gasteiger partial charge in [-0.2, -0.15) is 0 Å². The molecule has 9 nitrogen and oxygen atoms in total. The Kier molecular flexibility index (Phi) is 4.51. The van der Waals surface area contributed by atoms with Crippen molar-refractivity contribution in [2.75, 3.05) is 18.5 Å². The zero-order valence-electron chi connectivity index (χ0n) is 10.6. The Balaban J connectivity index is 2.04. The van der Waals surface area contributed by atoms with E-state index in [1.54, 1.807) is 0 Å². The van der Waals surface area contributed by atoms with E-state index in [0.717, 1.165) is 6.07 Å². The number of nitrogens with zero attached hydrogens (tertiary/aromatic N) is 4. The molecule has 2 rings (SSSR count). The number of ether oxygens (including phenoxy) is 1. The lowest BCUT2D eigenvalue weighted by atomic mass is 10.2. The fraction of sp³-hybridized carbons (Fsp3) is 0.182. The number of carbonyl (C=O) groups is 2. The average molecular weight is 295 g/mol. The second-order valence-electron chi connectivity index (χ2n) is 3.85. The van der Waals surface area contributed by atoms with E-state index in [1.807, 2.05) is 0 Å². The van der Waals surface area contributed by atoms with Gasteiger partial charge in [-0.3, -0.25) is 4.79 Å². The van der Waals surface area contributed by atoms with Crippen LogP contribution in [0.5, 0.6) is 0 Å². The lowest BCUT2D eigenvalue weighted by molar-refractivity contribution is -0.143. The third kappa shape index (κ3) is 4.04. The highest BCUT2D eigenvalue weighted by Crippen LogP contribution is 2.18. The first-order valence-corrected chi connectivity index (χ1v) is 5.68. The third-order valence-corrected chi connectivity index (χ3v) is 2.30. The van der Waals surface area contributed by atoms with E-state index >= 15 is 0 Å². The molecule has 0 fully saturated rings. The minimum absolute atomic E-state index is 0.0908. The zero-order valence-corrected chi connectivity index (χ0v) is 10.6. The molecule has 2 aromatic rings. The summed E-state index contributed by atoms with van der Waals surface area (Å²) in [6, 6.07) is 3.91. The van der Waals surface area contributed by atoms with Crippen LogP contribution in [0.3, 0.4) is 0 Å². The highest BCUT2D eigenvalue weighted by molar-refractivity contribution is 5.92. The van der Waals surface area contributed by atoms with E-state index in [4.69, 9.17) is 5.11 Å². The van der Waals surface area contributed by atoms with E-state index in [2.05, 4.69) is 25.6 Å². The van der Waals surface area contributed by atoms with Gasteiger partial charge in [-0.25, -0.2) is 13.9 Å². The van der Waals surface area contributed by atoms with Gasteiger partial charge in [0.2, 0.25) is 5.91 Å². The van der Waals surface area contributed by atoms with E-state index < -0.39 is 30.9 Å². The smallest absolute Gasteiger partial charge is 0.329 e. The van der Waals surface area contributed by atoms with Crippen LogP contribution >= 0.6 is 0 Å². The summed E-state index contributed by atoms with van der Waals surface area (Å²) in [6.45, 7) is -1.11. The van der Waals surface area contributed by atoms with Crippen LogP contribution in [0.4, 0.5) is 10.1 Å². The van der Waals surface area contributed by atoms with E-state index in [-0.39, 0.29) is 5.69 Å². The molecule has 2 N–H and O–H groups in total. The number of halogens is 1. The Hall–Kier alpha value is -2.88. The first kappa shape index (κ1) is 14.5. The molecule has 10 heteroatoms. The second-order valence-corrected chi connectivity index (χ2v) is 3.85. The SMILES string of the molecule is O=C(O)COCC(=O)Nc1cc(-n2cnnn2)ccc1F. The standard InChI is InChI=1S/C11H10FN5O4/c12-8-2-1-7(17-6-13-15-16-17)3-9(8)14-10(18)4-21-5-11(19)20/h1-3,6H,4-5H2,(H,14,18)(H,19,20). The van der Waals surface area contributed by atoms with Crippen molar-refractivity contribution in [3.05, 3.63) is 30.3 Å². The minimum atomic E-state index is -1.20. The average Bonchev–Trinajstić information content (AvgIpc) is 2.95. The van der Waals surface area contributed by atoms with Crippen LogP contribution < -0.4 is 5.32 Å². The molecule has 0 aliphatic carbocycles. The van der Waals surface area contributed by atoms with Crippen LogP contribution in [-0.2, 0) is 14.3 Å². The molecule has 0 spiro atoms. The maximum Gasteiger partial charge on any atom is 0.329 e. The van der Waals surface area contributed by atoms with E-state index in [9.17, 15) is 14.0 Å². The number of aromatic nitrogens is 4. The van der Waals surface area contributed by atoms with Crippen LogP contribution in [0.15, 0.2) is 24.5 Å². The fourth-order valence-corrected chi connectivity index (χ4v) is 1.45. The number of carboxylic acids is 1. The summed E-state index contributed by atoms with van der Waals surface area (Å²) < 4.78 is 19.5. The van der Waals surface area contributed by atoms with E-state index in [1.165, 1.54) is 23.1 Å². The number of hydrogen-bond acceptors (Lipinski definition) is 6. The van der Waals surface area contributed by atoms with Gasteiger partial charge in [0, 0.05) is 0 Å². The number of carbonyl (C=O) groups excluding carboxylic acids is 1. The lowest BCUT2D eigenvalue weighted by Crippen LogP contribution is -2.21. The summed E-state index contributed by atoms with van der Waals surface area (Å²) in [5.74, 6) is -2.53. The van der Waals surface area contributed by atoms with Crippen LogP contribution in [0, 0.1) is 5.82 Å². The van der Waals surface area contributed by atoms with Crippen molar-refractivity contribution in [2.45, 2.75) is 0 Å². The summed E-state index contributed by atoms with van der Waals surface area (Å²) >= 11 is 0. The predicted octanol–water partition coefficient (Wildman–Crippen LogP) is -0.159. The first-order chi connectivity index (χ1) is 10.1. The topological polar surface area (TPSA) is 119 Å². The second kappa shape index (κ2) is 6.52. The molecule has 1 amide bonds. The number of benzene rings is 1. The largest absolute Gasteiger partial charge is 0.480 e. The zero-order chi connectivity index (χ0) is 15.2. The first-order valence-electron chi connectivity index (χ1n) is 5.68. The molecule has 110 valence electrons. The number of carboxylic acid groups (broad SMARTS) is 1. The molecule has 0 atom stereocenters. The Morgan fingerprint density at radius 1 is 1.38 bits per heavy atom. The van der Waals surface area contributed by atoms with Crippen molar-refractivity contribution in [2.24, 2.45) is 0 Å². The summed E-state index contributed by atoms with van der Waals surface area (Å²) in [4.78, 5) is 21.7. The molecule has 1 heterocycles. The van der Waals surface area contributed by atoms with Gasteiger partial charge in [-0.15, -0.1) is 5.10 Å². The number of hydrogen-bond donors (Lipinski definition) is 2. The molecule has 0 aliphatic rings. The molecule has 21 heavy (non-hydrogen) atoms. The molecule has 0 saturated carbocycles. The van der Waals surface area contributed by atoms with Gasteiger partial charge < -0.3 is 15.2 Å².